The summed E-state index contributed by atoms with van der Waals surface area (Å²) in [5.74, 6) is -0.496. The minimum Gasteiger partial charge on any atom is -0.494 e. The fourth-order valence-corrected chi connectivity index (χ4v) is 2.50. The van der Waals surface area contributed by atoms with E-state index in [1.165, 1.54) is 0 Å². The summed E-state index contributed by atoms with van der Waals surface area (Å²) in [6, 6.07) is 13.6. The number of fused-ring (bicyclic) bond motifs is 1. The SMILES string of the molecule is CCC(=NNc1cccc2ccccc12)c1c(O)[nH]c(=O)[nH]c1=O. The maximum Gasteiger partial charge on any atom is 0.328 e. The van der Waals surface area contributed by atoms with Crippen molar-refractivity contribution in [3.8, 4) is 5.88 Å². The van der Waals surface area contributed by atoms with Gasteiger partial charge < -0.3 is 5.11 Å². The van der Waals surface area contributed by atoms with Gasteiger partial charge in [0.2, 0.25) is 5.88 Å². The van der Waals surface area contributed by atoms with Crippen LogP contribution >= 0.6 is 0 Å². The Kier molecular flexibility index (Phi) is 4.15. The number of aromatic nitrogens is 2. The van der Waals surface area contributed by atoms with E-state index >= 15 is 0 Å². The van der Waals surface area contributed by atoms with Crippen molar-refractivity contribution in [2.24, 2.45) is 5.10 Å². The molecule has 0 saturated heterocycles. The van der Waals surface area contributed by atoms with Crippen LogP contribution in [0.1, 0.15) is 18.9 Å². The van der Waals surface area contributed by atoms with Gasteiger partial charge in [-0.3, -0.25) is 20.2 Å². The van der Waals surface area contributed by atoms with Gasteiger partial charge in [-0.15, -0.1) is 0 Å². The third kappa shape index (κ3) is 2.91. The summed E-state index contributed by atoms with van der Waals surface area (Å²) in [6.07, 6.45) is 0.389. The number of hydrogen-bond acceptors (Lipinski definition) is 5. The van der Waals surface area contributed by atoms with E-state index in [4.69, 9.17) is 0 Å². The van der Waals surface area contributed by atoms with Gasteiger partial charge in [0.05, 0.1) is 11.4 Å². The lowest BCUT2D eigenvalue weighted by atomic mass is 10.1. The van der Waals surface area contributed by atoms with E-state index in [9.17, 15) is 14.7 Å². The van der Waals surface area contributed by atoms with Gasteiger partial charge in [-0.25, -0.2) is 4.79 Å². The lowest BCUT2D eigenvalue weighted by molar-refractivity contribution is 0.447. The van der Waals surface area contributed by atoms with Gasteiger partial charge in [-0.1, -0.05) is 43.3 Å². The number of hydrogen-bond donors (Lipinski definition) is 4. The van der Waals surface area contributed by atoms with Crippen LogP contribution in [0.25, 0.3) is 10.8 Å². The predicted octanol–water partition coefficient (Wildman–Crippen LogP) is 2.15. The summed E-state index contributed by atoms with van der Waals surface area (Å²) >= 11 is 0. The van der Waals surface area contributed by atoms with Crippen LogP contribution in [-0.4, -0.2) is 20.8 Å². The van der Waals surface area contributed by atoms with Crippen LogP contribution in [-0.2, 0) is 0 Å². The van der Waals surface area contributed by atoms with Crippen LogP contribution in [0.5, 0.6) is 5.88 Å². The second kappa shape index (κ2) is 6.41. The van der Waals surface area contributed by atoms with E-state index in [2.05, 4.69) is 20.5 Å². The molecule has 0 atom stereocenters. The van der Waals surface area contributed by atoms with Gasteiger partial charge in [0.25, 0.3) is 5.56 Å². The largest absolute Gasteiger partial charge is 0.494 e. The summed E-state index contributed by atoms with van der Waals surface area (Å²) in [5.41, 5.74) is 2.55. The first-order valence-electron chi connectivity index (χ1n) is 7.46. The third-order valence-electron chi connectivity index (χ3n) is 3.65. The fraction of sp³-hybridized carbons (Fsp3) is 0.118. The Morgan fingerprint density at radius 2 is 1.88 bits per heavy atom. The van der Waals surface area contributed by atoms with Crippen molar-refractivity contribution in [2.75, 3.05) is 5.43 Å². The Bertz CT molecular complexity index is 1030. The molecular formula is C17H16N4O3. The van der Waals surface area contributed by atoms with E-state index in [1.54, 1.807) is 6.92 Å². The summed E-state index contributed by atoms with van der Waals surface area (Å²) in [5, 5.41) is 16.1. The van der Waals surface area contributed by atoms with Crippen molar-refractivity contribution < 1.29 is 5.11 Å². The second-order valence-corrected chi connectivity index (χ2v) is 5.18. The molecule has 0 fully saturated rings. The van der Waals surface area contributed by atoms with Crippen molar-refractivity contribution in [1.29, 1.82) is 0 Å². The van der Waals surface area contributed by atoms with Crippen LogP contribution in [0.4, 0.5) is 5.69 Å². The average Bonchev–Trinajstić information content (AvgIpc) is 2.57. The molecule has 0 bridgehead atoms. The maximum atomic E-state index is 11.9. The second-order valence-electron chi connectivity index (χ2n) is 5.18. The number of benzene rings is 2. The number of nitrogens with zero attached hydrogens (tertiary/aromatic N) is 1. The topological polar surface area (TPSA) is 110 Å². The van der Waals surface area contributed by atoms with E-state index in [0.29, 0.717) is 12.1 Å². The molecule has 3 aromatic rings. The highest BCUT2D eigenvalue weighted by Crippen LogP contribution is 2.23. The highest BCUT2D eigenvalue weighted by molar-refractivity contribution is 6.02. The van der Waals surface area contributed by atoms with Gasteiger partial charge in [-0.05, 0) is 17.9 Å². The zero-order valence-corrected chi connectivity index (χ0v) is 13.0. The molecular weight excluding hydrogens is 308 g/mol. The van der Waals surface area contributed by atoms with Crippen LogP contribution in [0.2, 0.25) is 0 Å². The molecule has 4 N–H and O–H groups in total. The zero-order chi connectivity index (χ0) is 17.1. The molecule has 7 nitrogen and oxygen atoms in total. The molecule has 24 heavy (non-hydrogen) atoms. The van der Waals surface area contributed by atoms with Crippen molar-refractivity contribution >= 4 is 22.2 Å². The van der Waals surface area contributed by atoms with E-state index < -0.39 is 17.1 Å². The maximum absolute atomic E-state index is 11.9. The van der Waals surface area contributed by atoms with Crippen LogP contribution in [0, 0.1) is 0 Å². The number of aromatic hydroxyl groups is 1. The molecule has 7 heteroatoms. The highest BCUT2D eigenvalue weighted by atomic mass is 16.3. The first-order chi connectivity index (χ1) is 11.6. The molecule has 1 heterocycles. The normalized spacial score (nSPS) is 11.6. The molecule has 0 aliphatic carbocycles. The molecule has 0 unspecified atom stereocenters. The number of anilines is 1. The Morgan fingerprint density at radius 1 is 1.12 bits per heavy atom. The Morgan fingerprint density at radius 3 is 2.62 bits per heavy atom. The van der Waals surface area contributed by atoms with Gasteiger partial charge in [0.15, 0.2) is 0 Å². The number of H-pyrrole nitrogens is 2. The Hall–Kier alpha value is -3.35. The number of hydrazone groups is 1. The van der Waals surface area contributed by atoms with Gasteiger partial charge in [0, 0.05) is 5.39 Å². The van der Waals surface area contributed by atoms with E-state index in [0.717, 1.165) is 16.5 Å². The zero-order valence-electron chi connectivity index (χ0n) is 13.0. The average molecular weight is 324 g/mol. The van der Waals surface area contributed by atoms with Gasteiger partial charge in [0.1, 0.15) is 5.56 Å². The molecule has 0 aliphatic rings. The first kappa shape index (κ1) is 15.5. The summed E-state index contributed by atoms with van der Waals surface area (Å²) < 4.78 is 0. The lowest BCUT2D eigenvalue weighted by Crippen LogP contribution is -2.28. The fourth-order valence-electron chi connectivity index (χ4n) is 2.50. The van der Waals surface area contributed by atoms with Crippen molar-refractivity contribution in [1.82, 2.24) is 9.97 Å². The Labute approximate surface area is 136 Å². The summed E-state index contributed by atoms with van der Waals surface area (Å²) in [7, 11) is 0. The predicted molar refractivity (Wildman–Crippen MR) is 93.7 cm³/mol. The molecule has 122 valence electrons. The molecule has 1 aromatic heterocycles. The number of rotatable bonds is 4. The number of nitrogens with one attached hydrogen (secondary N) is 3. The van der Waals surface area contributed by atoms with Crippen LogP contribution in [0.3, 0.4) is 0 Å². The third-order valence-corrected chi connectivity index (χ3v) is 3.65. The quantitative estimate of drug-likeness (QED) is 0.435. The molecule has 0 aliphatic heterocycles. The van der Waals surface area contributed by atoms with Crippen LogP contribution < -0.4 is 16.7 Å². The highest BCUT2D eigenvalue weighted by Gasteiger charge is 2.14. The lowest BCUT2D eigenvalue weighted by Gasteiger charge is -2.08. The standard InChI is InChI=1S/C17H16N4O3/c1-2-12(14-15(22)18-17(24)19-16(14)23)20-21-13-9-5-7-10-6-3-4-8-11(10)13/h3-9,21H,2H2,1H3,(H3,18,19,22,23,24). The van der Waals surface area contributed by atoms with Gasteiger partial charge >= 0.3 is 5.69 Å². The summed E-state index contributed by atoms with van der Waals surface area (Å²) in [4.78, 5) is 27.4. The molecule has 2 aromatic carbocycles. The molecule has 0 spiro atoms. The smallest absolute Gasteiger partial charge is 0.328 e. The Balaban J connectivity index is 2.03. The molecule has 0 radical (unpaired) electrons. The van der Waals surface area contributed by atoms with Crippen LogP contribution in [0.15, 0.2) is 57.2 Å². The minimum atomic E-state index is -0.765. The molecule has 0 saturated carbocycles. The van der Waals surface area contributed by atoms with Crippen molar-refractivity contribution in [3.05, 3.63) is 68.9 Å². The van der Waals surface area contributed by atoms with Gasteiger partial charge in [-0.2, -0.15) is 5.10 Å². The first-order valence-corrected chi connectivity index (χ1v) is 7.46. The summed E-state index contributed by atoms with van der Waals surface area (Å²) in [6.45, 7) is 1.80. The van der Waals surface area contributed by atoms with Crippen molar-refractivity contribution in [2.45, 2.75) is 13.3 Å². The van der Waals surface area contributed by atoms with Crippen molar-refractivity contribution in [3.63, 3.8) is 0 Å². The molecule has 3 rings (SSSR count). The molecule has 0 amide bonds. The van der Waals surface area contributed by atoms with E-state index in [1.807, 2.05) is 42.5 Å². The minimum absolute atomic E-state index is 0.0511. The monoisotopic (exact) mass is 324 g/mol. The van der Waals surface area contributed by atoms with E-state index in [-0.39, 0.29) is 5.56 Å². The number of aromatic amines is 2.